The van der Waals surface area contributed by atoms with E-state index in [2.05, 4.69) is 25.8 Å². The first-order chi connectivity index (χ1) is 10.0. The van der Waals surface area contributed by atoms with Crippen LogP contribution in [0, 0.1) is 0 Å². The van der Waals surface area contributed by atoms with Crippen molar-refractivity contribution in [1.29, 1.82) is 0 Å². The van der Waals surface area contributed by atoms with Crippen LogP contribution in [0.25, 0.3) is 0 Å². The zero-order valence-electron chi connectivity index (χ0n) is 11.3. The number of halogens is 3. The van der Waals surface area contributed by atoms with Gasteiger partial charge in [-0.15, -0.1) is 5.10 Å². The molecule has 2 aromatic rings. The summed E-state index contributed by atoms with van der Waals surface area (Å²) in [6.45, 7) is 2.68. The van der Waals surface area contributed by atoms with Crippen molar-refractivity contribution in [3.05, 3.63) is 36.0 Å². The predicted molar refractivity (Wildman–Crippen MR) is 73.3 cm³/mol. The Kier molecular flexibility index (Phi) is 4.56. The molecule has 0 spiro atoms. The molecule has 21 heavy (non-hydrogen) atoms. The van der Waals surface area contributed by atoms with E-state index in [0.717, 1.165) is 12.5 Å². The minimum absolute atomic E-state index is 0.00723. The standard InChI is InChI=1S/C13H14F3N5/c1-2-7-17-11-8-18-21-12(20-11)19-10-6-4-3-5-9(10)13(14,15)16/h3-6,8H,2,7H2,1H3,(H2,17,19,20,21). The number of hydrogen-bond donors (Lipinski definition) is 2. The number of nitrogens with one attached hydrogen (secondary N) is 2. The maximum Gasteiger partial charge on any atom is 0.418 e. The third-order valence-electron chi connectivity index (χ3n) is 2.59. The molecule has 5 nitrogen and oxygen atoms in total. The van der Waals surface area contributed by atoms with Crippen LogP contribution in [0.5, 0.6) is 0 Å². The molecule has 0 bridgehead atoms. The first-order valence-electron chi connectivity index (χ1n) is 6.37. The highest BCUT2D eigenvalue weighted by molar-refractivity contribution is 5.59. The summed E-state index contributed by atoms with van der Waals surface area (Å²) in [6, 6.07) is 5.14. The Morgan fingerprint density at radius 2 is 1.95 bits per heavy atom. The molecule has 2 rings (SSSR count). The van der Waals surface area contributed by atoms with Crippen LogP contribution in [0.2, 0.25) is 0 Å². The highest BCUT2D eigenvalue weighted by atomic mass is 19.4. The second kappa shape index (κ2) is 6.38. The third kappa shape index (κ3) is 4.04. The van der Waals surface area contributed by atoms with Gasteiger partial charge in [0.05, 0.1) is 17.4 Å². The van der Waals surface area contributed by atoms with Gasteiger partial charge in [-0.2, -0.15) is 23.3 Å². The van der Waals surface area contributed by atoms with Crippen LogP contribution in [0.1, 0.15) is 18.9 Å². The quantitative estimate of drug-likeness (QED) is 0.885. The molecule has 1 heterocycles. The Balaban J connectivity index is 2.23. The van der Waals surface area contributed by atoms with E-state index in [1.807, 2.05) is 6.92 Å². The van der Waals surface area contributed by atoms with E-state index in [9.17, 15) is 13.2 Å². The van der Waals surface area contributed by atoms with Crippen molar-refractivity contribution in [3.63, 3.8) is 0 Å². The van der Waals surface area contributed by atoms with Gasteiger partial charge in [-0.25, -0.2) is 0 Å². The molecule has 8 heteroatoms. The molecule has 0 amide bonds. The van der Waals surface area contributed by atoms with Crippen molar-refractivity contribution in [2.45, 2.75) is 19.5 Å². The zero-order chi connectivity index (χ0) is 15.3. The lowest BCUT2D eigenvalue weighted by Crippen LogP contribution is -2.10. The van der Waals surface area contributed by atoms with Gasteiger partial charge >= 0.3 is 6.18 Å². The van der Waals surface area contributed by atoms with Crippen molar-refractivity contribution >= 4 is 17.5 Å². The predicted octanol–water partition coefficient (Wildman–Crippen LogP) is 3.46. The maximum absolute atomic E-state index is 12.9. The smallest absolute Gasteiger partial charge is 0.369 e. The Morgan fingerprint density at radius 1 is 1.19 bits per heavy atom. The molecule has 0 radical (unpaired) electrons. The number of para-hydroxylation sites is 1. The van der Waals surface area contributed by atoms with Gasteiger partial charge in [0.25, 0.3) is 0 Å². The van der Waals surface area contributed by atoms with Gasteiger partial charge in [-0.05, 0) is 18.6 Å². The number of alkyl halides is 3. The zero-order valence-corrected chi connectivity index (χ0v) is 11.3. The summed E-state index contributed by atoms with van der Waals surface area (Å²) in [4.78, 5) is 4.07. The number of aromatic nitrogens is 3. The highest BCUT2D eigenvalue weighted by Crippen LogP contribution is 2.35. The molecule has 0 aliphatic rings. The number of nitrogens with zero attached hydrogens (tertiary/aromatic N) is 3. The largest absolute Gasteiger partial charge is 0.418 e. The molecular weight excluding hydrogens is 283 g/mol. The van der Waals surface area contributed by atoms with Crippen molar-refractivity contribution < 1.29 is 13.2 Å². The fraction of sp³-hybridized carbons (Fsp3) is 0.308. The number of hydrogen-bond acceptors (Lipinski definition) is 5. The van der Waals surface area contributed by atoms with E-state index in [-0.39, 0.29) is 11.6 Å². The Labute approximate surface area is 119 Å². The van der Waals surface area contributed by atoms with Crippen molar-refractivity contribution in [2.24, 2.45) is 0 Å². The van der Waals surface area contributed by atoms with Gasteiger partial charge in [0.15, 0.2) is 5.82 Å². The second-order valence-corrected chi connectivity index (χ2v) is 4.26. The van der Waals surface area contributed by atoms with Crippen LogP contribution >= 0.6 is 0 Å². The Morgan fingerprint density at radius 3 is 2.67 bits per heavy atom. The average Bonchev–Trinajstić information content (AvgIpc) is 2.45. The summed E-state index contributed by atoms with van der Waals surface area (Å²) in [5, 5.41) is 12.9. The summed E-state index contributed by atoms with van der Waals surface area (Å²) in [7, 11) is 0. The minimum Gasteiger partial charge on any atom is -0.369 e. The lowest BCUT2D eigenvalue weighted by atomic mass is 10.1. The van der Waals surface area contributed by atoms with Gasteiger partial charge in [-0.3, -0.25) is 0 Å². The van der Waals surface area contributed by atoms with Crippen LogP contribution in [0.15, 0.2) is 30.5 Å². The van der Waals surface area contributed by atoms with Crippen molar-refractivity contribution in [1.82, 2.24) is 15.2 Å². The van der Waals surface area contributed by atoms with Crippen LogP contribution in [-0.2, 0) is 6.18 Å². The summed E-state index contributed by atoms with van der Waals surface area (Å²) >= 11 is 0. The van der Waals surface area contributed by atoms with Crippen LogP contribution < -0.4 is 10.6 Å². The van der Waals surface area contributed by atoms with E-state index >= 15 is 0 Å². The van der Waals surface area contributed by atoms with E-state index in [4.69, 9.17) is 0 Å². The first kappa shape index (κ1) is 15.0. The average molecular weight is 297 g/mol. The molecule has 0 saturated carbocycles. The van der Waals surface area contributed by atoms with Gasteiger partial charge < -0.3 is 10.6 Å². The molecule has 112 valence electrons. The third-order valence-corrected chi connectivity index (χ3v) is 2.59. The van der Waals surface area contributed by atoms with Crippen LogP contribution in [-0.4, -0.2) is 21.7 Å². The molecule has 2 N–H and O–H groups in total. The lowest BCUT2D eigenvalue weighted by molar-refractivity contribution is -0.136. The first-order valence-corrected chi connectivity index (χ1v) is 6.37. The second-order valence-electron chi connectivity index (χ2n) is 4.26. The van der Waals surface area contributed by atoms with Gasteiger partial charge in [0.2, 0.25) is 5.95 Å². The minimum atomic E-state index is -4.45. The molecular formula is C13H14F3N5. The number of rotatable bonds is 5. The SMILES string of the molecule is CCCNc1cnnc(Nc2ccccc2C(F)(F)F)n1. The molecule has 0 aliphatic carbocycles. The highest BCUT2D eigenvalue weighted by Gasteiger charge is 2.33. The molecule has 0 atom stereocenters. The van der Waals surface area contributed by atoms with Crippen LogP contribution in [0.4, 0.5) is 30.6 Å². The fourth-order valence-corrected chi connectivity index (χ4v) is 1.65. The lowest BCUT2D eigenvalue weighted by Gasteiger charge is -2.13. The number of benzene rings is 1. The molecule has 0 fully saturated rings. The molecule has 0 unspecified atom stereocenters. The van der Waals surface area contributed by atoms with Gasteiger partial charge in [-0.1, -0.05) is 19.1 Å². The summed E-state index contributed by atoms with van der Waals surface area (Å²) in [5.74, 6) is 0.464. The van der Waals surface area contributed by atoms with Crippen LogP contribution in [0.3, 0.4) is 0 Å². The molecule has 0 saturated heterocycles. The summed E-state index contributed by atoms with van der Waals surface area (Å²) in [5.41, 5.74) is -0.889. The summed E-state index contributed by atoms with van der Waals surface area (Å²) in [6.07, 6.45) is -2.14. The Hall–Kier alpha value is -2.38. The van der Waals surface area contributed by atoms with Crippen molar-refractivity contribution in [3.8, 4) is 0 Å². The topological polar surface area (TPSA) is 62.7 Å². The monoisotopic (exact) mass is 297 g/mol. The normalized spacial score (nSPS) is 11.2. The van der Waals surface area contributed by atoms with E-state index in [1.54, 1.807) is 0 Å². The Bertz CT molecular complexity index is 600. The van der Waals surface area contributed by atoms with E-state index < -0.39 is 11.7 Å². The molecule has 1 aromatic heterocycles. The fourth-order valence-electron chi connectivity index (χ4n) is 1.65. The van der Waals surface area contributed by atoms with Crippen molar-refractivity contribution in [2.75, 3.05) is 17.2 Å². The molecule has 0 aliphatic heterocycles. The molecule has 1 aromatic carbocycles. The van der Waals surface area contributed by atoms with E-state index in [0.29, 0.717) is 12.4 Å². The van der Waals surface area contributed by atoms with E-state index in [1.165, 1.54) is 24.4 Å². The maximum atomic E-state index is 12.9. The summed E-state index contributed by atoms with van der Waals surface area (Å²) < 4.78 is 38.7. The van der Waals surface area contributed by atoms with Gasteiger partial charge in [0, 0.05) is 6.54 Å². The van der Waals surface area contributed by atoms with Gasteiger partial charge in [0.1, 0.15) is 0 Å². The number of anilines is 3.